The molecule has 1 aromatic heterocycles. The summed E-state index contributed by atoms with van der Waals surface area (Å²) in [5, 5.41) is 16.3. The quantitative estimate of drug-likeness (QED) is 0.486. The molecule has 2 bridgehead atoms. The molecule has 2 saturated heterocycles. The number of amidine groups is 2. The fourth-order valence-electron chi connectivity index (χ4n) is 4.20. The van der Waals surface area contributed by atoms with Gasteiger partial charge in [-0.25, -0.2) is 4.99 Å². The molecular formula is C20H26N6O. The summed E-state index contributed by atoms with van der Waals surface area (Å²) in [6.45, 7) is 3.59. The Morgan fingerprint density at radius 2 is 2.07 bits per heavy atom. The molecular weight excluding hydrogens is 340 g/mol. The average Bonchev–Trinajstić information content (AvgIpc) is 3.29. The van der Waals surface area contributed by atoms with Crippen molar-refractivity contribution in [1.82, 2.24) is 9.88 Å². The molecule has 4 rings (SSSR count). The van der Waals surface area contributed by atoms with Crippen LogP contribution in [0.4, 0.5) is 0 Å². The number of fused-ring (bicyclic) bond motifs is 2. The van der Waals surface area contributed by atoms with E-state index in [1.807, 2.05) is 31.3 Å². The molecule has 4 atom stereocenters. The van der Waals surface area contributed by atoms with Gasteiger partial charge in [0.2, 0.25) is 0 Å². The molecule has 142 valence electrons. The van der Waals surface area contributed by atoms with Crippen molar-refractivity contribution >= 4 is 17.9 Å². The number of rotatable bonds is 3. The number of allylic oxidation sites excluding steroid dienone is 3. The van der Waals surface area contributed by atoms with E-state index in [4.69, 9.17) is 26.3 Å². The second kappa shape index (κ2) is 7.15. The largest absolute Gasteiger partial charge is 0.401 e. The molecule has 0 radical (unpaired) electrons. The molecule has 5 N–H and O–H groups in total. The molecule has 1 aliphatic carbocycles. The molecule has 0 spiro atoms. The van der Waals surface area contributed by atoms with Crippen molar-refractivity contribution in [3.63, 3.8) is 0 Å². The Kier molecular flexibility index (Phi) is 4.70. The summed E-state index contributed by atoms with van der Waals surface area (Å²) in [6, 6.07) is 3.93. The van der Waals surface area contributed by atoms with Crippen LogP contribution in [0.1, 0.15) is 25.5 Å². The summed E-state index contributed by atoms with van der Waals surface area (Å²) in [7, 11) is 0. The molecule has 2 aliphatic heterocycles. The van der Waals surface area contributed by atoms with E-state index in [2.05, 4.69) is 9.88 Å². The minimum absolute atomic E-state index is 0.0467. The SMILES string of the molecule is CC1C(C(=N)N=C(c2ccc[nH]2)N2C[C@H]3CC[C@@H](C2)O3)=CC=C(N)C1C=N. The second-order valence-corrected chi connectivity index (χ2v) is 7.50. The highest BCUT2D eigenvalue weighted by molar-refractivity contribution is 6.10. The van der Waals surface area contributed by atoms with E-state index in [-0.39, 0.29) is 29.9 Å². The zero-order valence-corrected chi connectivity index (χ0v) is 15.5. The summed E-state index contributed by atoms with van der Waals surface area (Å²) in [5.41, 5.74) is 8.38. The third kappa shape index (κ3) is 3.35. The van der Waals surface area contributed by atoms with Crippen LogP contribution in [0.15, 0.2) is 46.7 Å². The predicted octanol–water partition coefficient (Wildman–Crippen LogP) is 2.29. The van der Waals surface area contributed by atoms with Gasteiger partial charge in [-0.1, -0.05) is 13.0 Å². The van der Waals surface area contributed by atoms with Crippen LogP contribution < -0.4 is 5.73 Å². The first kappa shape index (κ1) is 17.7. The normalized spacial score (nSPS) is 30.7. The number of H-pyrrole nitrogens is 1. The van der Waals surface area contributed by atoms with E-state index in [0.29, 0.717) is 5.70 Å². The van der Waals surface area contributed by atoms with Gasteiger partial charge in [0.1, 0.15) is 0 Å². The fraction of sp³-hybridized carbons (Fsp3) is 0.450. The third-order valence-corrected chi connectivity index (χ3v) is 5.72. The van der Waals surface area contributed by atoms with Crippen LogP contribution in [-0.2, 0) is 4.74 Å². The molecule has 7 nitrogen and oxygen atoms in total. The number of aromatic amines is 1. The molecule has 7 heteroatoms. The Labute approximate surface area is 159 Å². The van der Waals surface area contributed by atoms with Crippen molar-refractivity contribution in [2.75, 3.05) is 13.1 Å². The van der Waals surface area contributed by atoms with E-state index in [9.17, 15) is 0 Å². The average molecular weight is 366 g/mol. The number of morpholine rings is 1. The van der Waals surface area contributed by atoms with Gasteiger partial charge in [-0.05, 0) is 37.0 Å². The van der Waals surface area contributed by atoms with Crippen molar-refractivity contribution in [3.05, 3.63) is 47.4 Å². The van der Waals surface area contributed by atoms with Crippen LogP contribution in [-0.4, -0.2) is 53.1 Å². The number of aliphatic imine (C=N–C) groups is 1. The second-order valence-electron chi connectivity index (χ2n) is 7.50. The molecule has 2 fully saturated rings. The van der Waals surface area contributed by atoms with E-state index in [1.165, 1.54) is 6.21 Å². The molecule has 1 aromatic rings. The first-order valence-electron chi connectivity index (χ1n) is 9.46. The van der Waals surface area contributed by atoms with E-state index in [1.54, 1.807) is 6.08 Å². The Bertz CT molecular complexity index is 810. The van der Waals surface area contributed by atoms with Crippen molar-refractivity contribution in [2.45, 2.75) is 32.0 Å². The van der Waals surface area contributed by atoms with Crippen molar-refractivity contribution in [2.24, 2.45) is 22.6 Å². The molecule has 2 unspecified atom stereocenters. The Morgan fingerprint density at radius 1 is 1.33 bits per heavy atom. The zero-order chi connectivity index (χ0) is 19.0. The number of nitrogens with one attached hydrogen (secondary N) is 3. The molecule has 0 amide bonds. The van der Waals surface area contributed by atoms with E-state index < -0.39 is 0 Å². The number of likely N-dealkylation sites (tertiary alicyclic amines) is 1. The van der Waals surface area contributed by atoms with Gasteiger partial charge in [0.25, 0.3) is 0 Å². The van der Waals surface area contributed by atoms with Gasteiger partial charge in [-0.3, -0.25) is 5.41 Å². The maximum Gasteiger partial charge on any atom is 0.155 e. The third-order valence-electron chi connectivity index (χ3n) is 5.72. The number of ether oxygens (including phenoxy) is 1. The summed E-state index contributed by atoms with van der Waals surface area (Å²) in [6.07, 6.45) is 9.55. The van der Waals surface area contributed by atoms with Crippen LogP contribution in [0.2, 0.25) is 0 Å². The van der Waals surface area contributed by atoms with Gasteiger partial charge in [-0.15, -0.1) is 0 Å². The van der Waals surface area contributed by atoms with Crippen LogP contribution >= 0.6 is 0 Å². The van der Waals surface area contributed by atoms with Crippen LogP contribution in [0, 0.1) is 22.7 Å². The number of hydrogen-bond donors (Lipinski definition) is 4. The predicted molar refractivity (Wildman–Crippen MR) is 106 cm³/mol. The molecule has 3 heterocycles. The number of aromatic nitrogens is 1. The van der Waals surface area contributed by atoms with Gasteiger partial charge in [0.05, 0.1) is 17.9 Å². The van der Waals surface area contributed by atoms with Gasteiger partial charge < -0.3 is 25.8 Å². The monoisotopic (exact) mass is 366 g/mol. The standard InChI is InChI=1S/C20H26N6O/c1-12-15(6-7-17(22)16(12)9-21)19(23)25-20(18-3-2-8-24-18)26-10-13-4-5-14(11-26)27-13/h2-3,6-9,12-14,16,21,23-24H,4-5,10-11,22H2,1H3/t12?,13-,14+,16?. The van der Waals surface area contributed by atoms with Crippen molar-refractivity contribution in [3.8, 4) is 0 Å². The maximum atomic E-state index is 8.64. The Hall–Kier alpha value is -2.67. The lowest BCUT2D eigenvalue weighted by atomic mass is 9.81. The van der Waals surface area contributed by atoms with Crippen molar-refractivity contribution in [1.29, 1.82) is 10.8 Å². The van der Waals surface area contributed by atoms with Gasteiger partial charge in [-0.2, -0.15) is 0 Å². The van der Waals surface area contributed by atoms with E-state index in [0.717, 1.165) is 43.0 Å². The first-order chi connectivity index (χ1) is 13.1. The van der Waals surface area contributed by atoms with Crippen LogP contribution in [0.5, 0.6) is 0 Å². The summed E-state index contributed by atoms with van der Waals surface area (Å²) in [5.74, 6) is 0.775. The van der Waals surface area contributed by atoms with Gasteiger partial charge >= 0.3 is 0 Å². The molecule has 0 aromatic carbocycles. The maximum absolute atomic E-state index is 8.64. The Balaban J connectivity index is 1.65. The zero-order valence-electron chi connectivity index (χ0n) is 15.5. The number of hydrogen-bond acceptors (Lipinski definition) is 4. The van der Waals surface area contributed by atoms with Crippen LogP contribution in [0.25, 0.3) is 0 Å². The highest BCUT2D eigenvalue weighted by Crippen LogP contribution is 2.30. The highest BCUT2D eigenvalue weighted by Gasteiger charge is 2.36. The topological polar surface area (TPSA) is 114 Å². The first-order valence-corrected chi connectivity index (χ1v) is 9.46. The van der Waals surface area contributed by atoms with Crippen LogP contribution in [0.3, 0.4) is 0 Å². The summed E-state index contributed by atoms with van der Waals surface area (Å²) in [4.78, 5) is 10.2. The van der Waals surface area contributed by atoms with Crippen molar-refractivity contribution < 1.29 is 4.74 Å². The molecule has 3 aliphatic rings. The lowest BCUT2D eigenvalue weighted by Crippen LogP contribution is -2.46. The summed E-state index contributed by atoms with van der Waals surface area (Å²) < 4.78 is 5.96. The highest BCUT2D eigenvalue weighted by atomic mass is 16.5. The Morgan fingerprint density at radius 3 is 2.70 bits per heavy atom. The van der Waals surface area contributed by atoms with Gasteiger partial charge in [0, 0.05) is 42.7 Å². The number of nitrogens with two attached hydrogens (primary N) is 1. The fourth-order valence-corrected chi connectivity index (χ4v) is 4.20. The minimum atomic E-state index is -0.186. The number of nitrogens with zero attached hydrogens (tertiary/aromatic N) is 2. The molecule has 27 heavy (non-hydrogen) atoms. The van der Waals surface area contributed by atoms with Gasteiger partial charge in [0.15, 0.2) is 11.7 Å². The molecule has 0 saturated carbocycles. The summed E-state index contributed by atoms with van der Waals surface area (Å²) >= 11 is 0. The minimum Gasteiger partial charge on any atom is -0.401 e. The smallest absolute Gasteiger partial charge is 0.155 e. The van der Waals surface area contributed by atoms with E-state index >= 15 is 0 Å². The lowest BCUT2D eigenvalue weighted by Gasteiger charge is -2.34. The lowest BCUT2D eigenvalue weighted by molar-refractivity contribution is -0.0155.